The molecule has 2 heterocycles. The highest BCUT2D eigenvalue weighted by atomic mass is 16.3. The van der Waals surface area contributed by atoms with E-state index in [4.69, 9.17) is 5.11 Å². The summed E-state index contributed by atoms with van der Waals surface area (Å²) in [6.45, 7) is 2.94. The normalized spacial score (nSPS) is 16.9. The minimum atomic E-state index is -0.313. The summed E-state index contributed by atoms with van der Waals surface area (Å²) < 4.78 is 0. The summed E-state index contributed by atoms with van der Waals surface area (Å²) in [7, 11) is 0. The maximum atomic E-state index is 11.6. The molecule has 0 atom stereocenters. The van der Waals surface area contributed by atoms with Crippen molar-refractivity contribution in [3.05, 3.63) is 23.5 Å². The molecule has 1 aromatic rings. The number of nitrogens with zero attached hydrogens (tertiary/aromatic N) is 1. The molecular formula is C10H14N2O2. The Morgan fingerprint density at radius 2 is 2.43 bits per heavy atom. The van der Waals surface area contributed by atoms with E-state index in [1.807, 2.05) is 19.2 Å². The van der Waals surface area contributed by atoms with Gasteiger partial charge in [0.2, 0.25) is 5.91 Å². The Kier molecular flexibility index (Phi) is 2.29. The van der Waals surface area contributed by atoms with Crippen LogP contribution in [0, 0.1) is 6.92 Å². The lowest BCUT2D eigenvalue weighted by molar-refractivity contribution is -0.140. The third-order valence-electron chi connectivity index (χ3n) is 2.46. The van der Waals surface area contributed by atoms with Gasteiger partial charge in [0.05, 0.1) is 12.5 Å². The van der Waals surface area contributed by atoms with Crippen LogP contribution in [0.2, 0.25) is 0 Å². The minimum Gasteiger partial charge on any atom is -0.389 e. The van der Waals surface area contributed by atoms with E-state index < -0.39 is 0 Å². The molecule has 1 fully saturated rings. The number of aromatic amines is 1. The zero-order valence-corrected chi connectivity index (χ0v) is 8.16. The van der Waals surface area contributed by atoms with E-state index in [1.54, 1.807) is 4.90 Å². The number of nitrogens with one attached hydrogen (secondary N) is 1. The minimum absolute atomic E-state index is 0.0919. The standard InChI is InChI=1S/C10H14N2O2/c1-7-2-8(4-11-7)3-10(14)12-5-9(13)6-12/h2,4,9,11,13H,3,5-6H2,1H3. The first-order valence-electron chi connectivity index (χ1n) is 4.75. The first-order valence-corrected chi connectivity index (χ1v) is 4.75. The highest BCUT2D eigenvalue weighted by molar-refractivity contribution is 5.79. The summed E-state index contributed by atoms with van der Waals surface area (Å²) in [6.07, 6.45) is 1.97. The van der Waals surface area contributed by atoms with Gasteiger partial charge in [-0.05, 0) is 18.6 Å². The van der Waals surface area contributed by atoms with Crippen LogP contribution in [-0.2, 0) is 11.2 Å². The van der Waals surface area contributed by atoms with Crippen LogP contribution >= 0.6 is 0 Å². The molecule has 2 rings (SSSR count). The van der Waals surface area contributed by atoms with Gasteiger partial charge < -0.3 is 15.0 Å². The summed E-state index contributed by atoms with van der Waals surface area (Å²) in [4.78, 5) is 16.3. The van der Waals surface area contributed by atoms with Crippen molar-refractivity contribution in [1.29, 1.82) is 0 Å². The Labute approximate surface area is 82.5 Å². The zero-order valence-electron chi connectivity index (χ0n) is 8.16. The van der Waals surface area contributed by atoms with Gasteiger partial charge in [-0.15, -0.1) is 0 Å². The van der Waals surface area contributed by atoms with E-state index in [2.05, 4.69) is 4.98 Å². The lowest BCUT2D eigenvalue weighted by Crippen LogP contribution is -2.53. The summed E-state index contributed by atoms with van der Waals surface area (Å²) in [6, 6.07) is 1.97. The van der Waals surface area contributed by atoms with E-state index in [1.165, 1.54) is 0 Å². The van der Waals surface area contributed by atoms with Crippen molar-refractivity contribution < 1.29 is 9.90 Å². The van der Waals surface area contributed by atoms with Gasteiger partial charge in [-0.3, -0.25) is 4.79 Å². The van der Waals surface area contributed by atoms with Crippen LogP contribution in [0.25, 0.3) is 0 Å². The molecule has 1 aromatic heterocycles. The molecule has 14 heavy (non-hydrogen) atoms. The van der Waals surface area contributed by atoms with E-state index >= 15 is 0 Å². The Balaban J connectivity index is 1.89. The number of hydrogen-bond donors (Lipinski definition) is 2. The van der Waals surface area contributed by atoms with Crippen LogP contribution in [0.4, 0.5) is 0 Å². The molecular weight excluding hydrogens is 180 g/mol. The Morgan fingerprint density at radius 1 is 1.71 bits per heavy atom. The highest BCUT2D eigenvalue weighted by Gasteiger charge is 2.28. The van der Waals surface area contributed by atoms with Crippen molar-refractivity contribution in [1.82, 2.24) is 9.88 Å². The molecule has 0 bridgehead atoms. The monoisotopic (exact) mass is 194 g/mol. The molecule has 4 heteroatoms. The van der Waals surface area contributed by atoms with Gasteiger partial charge in [-0.1, -0.05) is 0 Å². The highest BCUT2D eigenvalue weighted by Crippen LogP contribution is 2.11. The van der Waals surface area contributed by atoms with Crippen LogP contribution in [0.1, 0.15) is 11.3 Å². The summed E-state index contributed by atoms with van der Waals surface area (Å²) in [5.74, 6) is 0.0919. The van der Waals surface area contributed by atoms with Crippen LogP contribution in [0.3, 0.4) is 0 Å². The molecule has 0 aliphatic carbocycles. The summed E-state index contributed by atoms with van der Waals surface area (Å²) >= 11 is 0. The first kappa shape index (κ1) is 9.27. The number of carbonyl (C=O) groups is 1. The van der Waals surface area contributed by atoms with Crippen molar-refractivity contribution >= 4 is 5.91 Å². The van der Waals surface area contributed by atoms with Gasteiger partial charge in [-0.25, -0.2) is 0 Å². The van der Waals surface area contributed by atoms with Crippen molar-refractivity contribution in [2.75, 3.05) is 13.1 Å². The number of amides is 1. The topological polar surface area (TPSA) is 56.3 Å². The molecule has 1 amide bonds. The molecule has 1 aliphatic heterocycles. The predicted octanol–water partition coefficient (Wildman–Crippen LogP) is 0.0687. The van der Waals surface area contributed by atoms with Gasteiger partial charge >= 0.3 is 0 Å². The number of aryl methyl sites for hydroxylation is 1. The molecule has 76 valence electrons. The summed E-state index contributed by atoms with van der Waals surface area (Å²) in [5, 5.41) is 9.04. The Morgan fingerprint density at radius 3 is 2.93 bits per heavy atom. The number of aromatic nitrogens is 1. The fourth-order valence-electron chi connectivity index (χ4n) is 1.62. The largest absolute Gasteiger partial charge is 0.389 e. The second kappa shape index (κ2) is 3.46. The molecule has 0 spiro atoms. The van der Waals surface area contributed by atoms with Crippen LogP contribution in [0.15, 0.2) is 12.3 Å². The third kappa shape index (κ3) is 1.80. The molecule has 0 unspecified atom stereocenters. The molecule has 4 nitrogen and oxygen atoms in total. The van der Waals surface area contributed by atoms with Crippen molar-refractivity contribution in [2.24, 2.45) is 0 Å². The predicted molar refractivity (Wildman–Crippen MR) is 51.8 cm³/mol. The second-order valence-electron chi connectivity index (χ2n) is 3.82. The molecule has 0 aromatic carbocycles. The number of aliphatic hydroxyl groups excluding tert-OH is 1. The van der Waals surface area contributed by atoms with Gasteiger partial charge in [0, 0.05) is 25.0 Å². The molecule has 0 saturated carbocycles. The number of H-pyrrole nitrogens is 1. The Hall–Kier alpha value is -1.29. The maximum absolute atomic E-state index is 11.6. The number of β-amino-alcohol motifs (C(OH)–C–C–N with tert-alkyl or cyclic N) is 1. The van der Waals surface area contributed by atoms with Gasteiger partial charge in [0.15, 0.2) is 0 Å². The SMILES string of the molecule is Cc1cc(CC(=O)N2CC(O)C2)c[nH]1. The lowest BCUT2D eigenvalue weighted by atomic mass is 10.1. The third-order valence-corrected chi connectivity index (χ3v) is 2.46. The smallest absolute Gasteiger partial charge is 0.227 e. The lowest BCUT2D eigenvalue weighted by Gasteiger charge is -2.35. The fraction of sp³-hybridized carbons (Fsp3) is 0.500. The number of rotatable bonds is 2. The number of aliphatic hydroxyl groups is 1. The maximum Gasteiger partial charge on any atom is 0.227 e. The van der Waals surface area contributed by atoms with E-state index in [0.717, 1.165) is 11.3 Å². The Bertz CT molecular complexity index is 340. The van der Waals surface area contributed by atoms with Crippen molar-refractivity contribution in [3.63, 3.8) is 0 Å². The number of carbonyl (C=O) groups excluding carboxylic acids is 1. The van der Waals surface area contributed by atoms with Crippen LogP contribution < -0.4 is 0 Å². The van der Waals surface area contributed by atoms with E-state index in [-0.39, 0.29) is 12.0 Å². The average Bonchev–Trinajstić information content (AvgIpc) is 2.45. The first-order chi connectivity index (χ1) is 6.65. The van der Waals surface area contributed by atoms with Gasteiger partial charge in [0.1, 0.15) is 0 Å². The quantitative estimate of drug-likeness (QED) is 0.700. The van der Waals surface area contributed by atoms with Crippen LogP contribution in [-0.4, -0.2) is 40.1 Å². The van der Waals surface area contributed by atoms with Crippen molar-refractivity contribution in [3.8, 4) is 0 Å². The average molecular weight is 194 g/mol. The number of likely N-dealkylation sites (tertiary alicyclic amines) is 1. The van der Waals surface area contributed by atoms with Gasteiger partial charge in [0.25, 0.3) is 0 Å². The van der Waals surface area contributed by atoms with Crippen molar-refractivity contribution in [2.45, 2.75) is 19.4 Å². The number of hydrogen-bond acceptors (Lipinski definition) is 2. The molecule has 2 N–H and O–H groups in total. The van der Waals surface area contributed by atoms with Gasteiger partial charge in [-0.2, -0.15) is 0 Å². The fourth-order valence-corrected chi connectivity index (χ4v) is 1.62. The van der Waals surface area contributed by atoms with E-state index in [9.17, 15) is 4.79 Å². The second-order valence-corrected chi connectivity index (χ2v) is 3.82. The molecule has 1 saturated heterocycles. The van der Waals surface area contributed by atoms with Crippen LogP contribution in [0.5, 0.6) is 0 Å². The molecule has 1 aliphatic rings. The van der Waals surface area contributed by atoms with E-state index in [0.29, 0.717) is 19.5 Å². The zero-order chi connectivity index (χ0) is 10.1. The summed E-state index contributed by atoms with van der Waals surface area (Å²) in [5.41, 5.74) is 2.07. The molecule has 0 radical (unpaired) electrons.